The van der Waals surface area contributed by atoms with Crippen molar-refractivity contribution in [2.24, 2.45) is 29.1 Å². The van der Waals surface area contributed by atoms with E-state index >= 15 is 0 Å². The van der Waals surface area contributed by atoms with Crippen molar-refractivity contribution < 1.29 is 24.2 Å². The Kier molecular flexibility index (Phi) is 14.2. The first-order chi connectivity index (χ1) is 24.3. The van der Waals surface area contributed by atoms with Crippen LogP contribution in [0.2, 0.25) is 0 Å². The molecular formula is C51H62Cl2Zr-4. The van der Waals surface area contributed by atoms with Gasteiger partial charge in [-0.1, -0.05) is 84.4 Å². The van der Waals surface area contributed by atoms with Gasteiger partial charge in [0.05, 0.1) is 0 Å². The van der Waals surface area contributed by atoms with Crippen LogP contribution in [0.3, 0.4) is 0 Å². The van der Waals surface area contributed by atoms with E-state index in [1.54, 1.807) is 44.1 Å². The molecule has 0 saturated heterocycles. The summed E-state index contributed by atoms with van der Waals surface area (Å²) in [7, 11) is 0. The van der Waals surface area contributed by atoms with Gasteiger partial charge in [-0.2, -0.15) is 53.6 Å². The zero-order valence-corrected chi connectivity index (χ0v) is 38.4. The Labute approximate surface area is 356 Å². The second kappa shape index (κ2) is 17.2. The van der Waals surface area contributed by atoms with Gasteiger partial charge >= 0.3 is 28.4 Å². The van der Waals surface area contributed by atoms with Gasteiger partial charge in [0.2, 0.25) is 0 Å². The molecule has 1 unspecified atom stereocenters. The van der Waals surface area contributed by atoms with Crippen LogP contribution in [0.4, 0.5) is 0 Å². The summed E-state index contributed by atoms with van der Waals surface area (Å²) < 4.78 is 3.34. The maximum Gasteiger partial charge on any atom is -0.171 e. The SMILES string of the molecule is CC1=[C-]C(C)(C)c2cc3c(cc21)-c1cc2c(cc1C3)C(C)(C)C=C2C.CC1=[C-]C(C)C=C1CC12CC3CC(CC(C3)C1)C2.Cl.Cl.[CH2]=[Zr].[CH3-].[c-]1ccccc1. The summed E-state index contributed by atoms with van der Waals surface area (Å²) in [5.74, 6) is 3.82. The normalized spacial score (nSPS) is 26.9. The van der Waals surface area contributed by atoms with Gasteiger partial charge in [-0.15, -0.1) is 36.4 Å². The first-order valence-electron chi connectivity index (χ1n) is 19.5. The van der Waals surface area contributed by atoms with Gasteiger partial charge in [0, 0.05) is 5.41 Å². The van der Waals surface area contributed by atoms with Gasteiger partial charge in [0.15, 0.2) is 0 Å². The molecule has 0 nitrogen and oxygen atoms in total. The van der Waals surface area contributed by atoms with Crippen molar-refractivity contribution in [3.05, 3.63) is 137 Å². The summed E-state index contributed by atoms with van der Waals surface area (Å²) in [5.41, 5.74) is 18.3. The molecule has 3 aromatic carbocycles. The van der Waals surface area contributed by atoms with E-state index in [4.69, 9.17) is 0 Å². The Balaban J connectivity index is 0.000000197. The van der Waals surface area contributed by atoms with E-state index in [9.17, 15) is 0 Å². The Bertz CT molecular complexity index is 1810. The topological polar surface area (TPSA) is 0 Å². The van der Waals surface area contributed by atoms with Gasteiger partial charge in [-0.05, 0) is 120 Å². The van der Waals surface area contributed by atoms with Crippen molar-refractivity contribution in [3.63, 3.8) is 0 Å². The van der Waals surface area contributed by atoms with Gasteiger partial charge in [-0.25, -0.2) is 11.1 Å². The molecule has 0 amide bonds. The Morgan fingerprint density at radius 2 is 1.26 bits per heavy atom. The Morgan fingerprint density at radius 1 is 0.722 bits per heavy atom. The second-order valence-corrected chi connectivity index (χ2v) is 18.1. The predicted molar refractivity (Wildman–Crippen MR) is 235 cm³/mol. The number of halogens is 2. The van der Waals surface area contributed by atoms with Gasteiger partial charge < -0.3 is 7.43 Å². The second-order valence-electron chi connectivity index (χ2n) is 18.1. The van der Waals surface area contributed by atoms with E-state index in [-0.39, 0.29) is 43.1 Å². The quantitative estimate of drug-likeness (QED) is 0.177. The van der Waals surface area contributed by atoms with Crippen molar-refractivity contribution in [2.45, 2.75) is 118 Å². The van der Waals surface area contributed by atoms with Crippen LogP contribution >= 0.6 is 24.8 Å². The minimum absolute atomic E-state index is 0. The predicted octanol–water partition coefficient (Wildman–Crippen LogP) is 14.1. The van der Waals surface area contributed by atoms with Crippen molar-refractivity contribution >= 4 is 40.2 Å². The fraction of sp³-hybridized carbons (Fsp3) is 0.451. The number of rotatable bonds is 2. The molecule has 4 fully saturated rings. The van der Waals surface area contributed by atoms with E-state index in [0.29, 0.717) is 11.3 Å². The van der Waals surface area contributed by atoms with Gasteiger partial charge in [-0.3, -0.25) is 12.2 Å². The summed E-state index contributed by atoms with van der Waals surface area (Å²) in [6.45, 7) is 18.2. The summed E-state index contributed by atoms with van der Waals surface area (Å²) in [4.78, 5) is 0. The van der Waals surface area contributed by atoms with Gasteiger partial charge in [0.25, 0.3) is 0 Å². The van der Waals surface area contributed by atoms with Crippen molar-refractivity contribution in [1.29, 1.82) is 0 Å². The van der Waals surface area contributed by atoms with E-state index in [2.05, 4.69) is 114 Å². The molecule has 0 N–H and O–H groups in total. The molecule has 3 heteroatoms. The summed E-state index contributed by atoms with van der Waals surface area (Å²) in [6.07, 6.45) is 23.9. The maximum absolute atomic E-state index is 3.65. The van der Waals surface area contributed by atoms with Crippen LogP contribution in [-0.4, -0.2) is 4.21 Å². The maximum atomic E-state index is 3.65. The Morgan fingerprint density at radius 3 is 1.74 bits per heavy atom. The largest absolute Gasteiger partial charge is 0.358 e. The molecule has 0 heterocycles. The van der Waals surface area contributed by atoms with Crippen LogP contribution in [0.1, 0.15) is 134 Å². The average Bonchev–Trinajstić information content (AvgIpc) is 3.74. The number of hydrogen-bond donors (Lipinski definition) is 0. The number of fused-ring (bicyclic) bond motifs is 5. The third-order valence-electron chi connectivity index (χ3n) is 13.1. The molecule has 54 heavy (non-hydrogen) atoms. The van der Waals surface area contributed by atoms with Crippen LogP contribution in [0.5, 0.6) is 0 Å². The monoisotopic (exact) mass is 834 g/mol. The molecule has 8 aliphatic rings. The smallest absolute Gasteiger partial charge is 0.171 e. The average molecular weight is 837 g/mol. The van der Waals surface area contributed by atoms with Crippen molar-refractivity contribution in [1.82, 2.24) is 0 Å². The molecule has 288 valence electrons. The third-order valence-corrected chi connectivity index (χ3v) is 13.1. The fourth-order valence-corrected chi connectivity index (χ4v) is 11.6. The number of benzene rings is 3. The van der Waals surface area contributed by atoms with E-state index in [1.807, 2.05) is 30.3 Å². The van der Waals surface area contributed by atoms with E-state index in [0.717, 1.165) is 24.2 Å². The molecule has 4 saturated carbocycles. The zero-order valence-electron chi connectivity index (χ0n) is 34.3. The van der Waals surface area contributed by atoms with Crippen LogP contribution in [0.25, 0.3) is 22.3 Å². The van der Waals surface area contributed by atoms with Crippen molar-refractivity contribution in [3.8, 4) is 11.1 Å². The van der Waals surface area contributed by atoms with E-state index in [1.165, 1.54) is 91.9 Å². The molecule has 1 atom stereocenters. The van der Waals surface area contributed by atoms with Crippen LogP contribution < -0.4 is 0 Å². The molecular weight excluding hydrogens is 775 g/mol. The Hall–Kier alpha value is -2.05. The molecule has 0 spiro atoms. The van der Waals surface area contributed by atoms with Crippen LogP contribution in [0.15, 0.2) is 77.9 Å². The van der Waals surface area contributed by atoms with Crippen LogP contribution in [0, 0.1) is 54.7 Å². The number of hydrogen-bond acceptors (Lipinski definition) is 0. The zero-order chi connectivity index (χ0) is 36.3. The molecule has 8 aliphatic carbocycles. The molecule has 0 aliphatic heterocycles. The minimum atomic E-state index is 0. The standard InChI is InChI=1S/C25H25.C18H25.C6H5.CH3.CH2.2ClH.Zr/c1-14-12-24(3,4)22-8-16-7-17-9-23-19(15(2)13-25(23,5)6)11-21(17)20(16)10-18(14)22;1-12-3-13(2)17(4-12)11-18-8-14-5-15(9-18)7-16(6-14)10-18;1-2-4-6-5-3-1;;;;;/h8-12H,7H2,1-6H3;4,12,14-16H,5-11H2,1-2H3;1-5H;1H3;1H2;2*1H;/q4*-1;;;;. The molecule has 3 aromatic rings. The van der Waals surface area contributed by atoms with Gasteiger partial charge in [0.1, 0.15) is 0 Å². The number of allylic oxidation sites excluding steroid dienone is 8. The summed E-state index contributed by atoms with van der Waals surface area (Å²) in [6, 6.07) is 22.3. The molecule has 4 bridgehead atoms. The summed E-state index contributed by atoms with van der Waals surface area (Å²) in [5, 5.41) is 0. The molecule has 11 rings (SSSR count). The van der Waals surface area contributed by atoms with Crippen LogP contribution in [-0.2, 0) is 41.5 Å². The third kappa shape index (κ3) is 8.60. The first kappa shape index (κ1) is 44.7. The molecule has 0 aromatic heterocycles. The van der Waals surface area contributed by atoms with E-state index < -0.39 is 0 Å². The summed E-state index contributed by atoms with van der Waals surface area (Å²) >= 11 is 1.30. The first-order valence-corrected chi connectivity index (χ1v) is 21.3. The van der Waals surface area contributed by atoms with Crippen molar-refractivity contribution in [2.75, 3.05) is 0 Å². The minimum Gasteiger partial charge on any atom is -0.358 e. The molecule has 0 radical (unpaired) electrons. The fourth-order valence-electron chi connectivity index (χ4n) is 11.6.